The van der Waals surface area contributed by atoms with Gasteiger partial charge in [0.25, 0.3) is 0 Å². The Hall–Kier alpha value is -0.770. The molecule has 0 spiro atoms. The second-order valence-corrected chi connectivity index (χ2v) is 11.7. The van der Waals surface area contributed by atoms with Crippen LogP contribution in [0.5, 0.6) is 0 Å². The van der Waals surface area contributed by atoms with Gasteiger partial charge in [0.15, 0.2) is 0 Å². The van der Waals surface area contributed by atoms with Crippen LogP contribution in [0, 0.1) is 34.5 Å². The van der Waals surface area contributed by atoms with Gasteiger partial charge >= 0.3 is 6.09 Å². The van der Waals surface area contributed by atoms with Gasteiger partial charge in [0.05, 0.1) is 6.10 Å². The molecule has 1 saturated heterocycles. The van der Waals surface area contributed by atoms with Crippen LogP contribution < -0.4 is 0 Å². The van der Waals surface area contributed by atoms with Crippen molar-refractivity contribution in [1.29, 1.82) is 0 Å². The number of aliphatic hydroxyl groups excluding tert-OH is 1. The number of hydrogen-bond acceptors (Lipinski definition) is 3. The number of nitrogens with zero attached hydrogens (tertiary/aromatic N) is 1. The van der Waals surface area contributed by atoms with E-state index in [4.69, 9.17) is 4.74 Å². The van der Waals surface area contributed by atoms with Crippen molar-refractivity contribution in [2.24, 2.45) is 34.5 Å². The molecule has 1 amide bonds. The van der Waals surface area contributed by atoms with E-state index in [1.165, 1.54) is 51.4 Å². The fraction of sp³-hybridized carbons (Fsp3) is 0.960. The number of carbonyl (C=O) groups excluding carboxylic acids is 1. The number of aliphatic hydroxyl groups is 1. The number of piperidine rings is 1. The van der Waals surface area contributed by atoms with Gasteiger partial charge < -0.3 is 14.7 Å². The fourth-order valence-electron chi connectivity index (χ4n) is 8.58. The highest BCUT2D eigenvalue weighted by molar-refractivity contribution is 5.68. The molecule has 5 rings (SSSR count). The molecule has 1 N–H and O–H groups in total. The second-order valence-electron chi connectivity index (χ2n) is 11.7. The summed E-state index contributed by atoms with van der Waals surface area (Å²) in [6.45, 7) is 6.46. The minimum absolute atomic E-state index is 0.101. The van der Waals surface area contributed by atoms with E-state index >= 15 is 0 Å². The molecule has 4 nitrogen and oxygen atoms in total. The van der Waals surface area contributed by atoms with Gasteiger partial charge in [-0.1, -0.05) is 20.3 Å². The first-order valence-electron chi connectivity index (χ1n) is 12.5. The number of likely N-dealkylation sites (tertiary alicyclic amines) is 1. The molecule has 164 valence electrons. The number of hydrogen-bond donors (Lipinski definition) is 1. The zero-order valence-electron chi connectivity index (χ0n) is 18.6. The monoisotopic (exact) mass is 403 g/mol. The van der Waals surface area contributed by atoms with Crippen molar-refractivity contribution in [3.05, 3.63) is 0 Å². The number of fused-ring (bicyclic) bond motifs is 5. The summed E-state index contributed by atoms with van der Waals surface area (Å²) in [5.41, 5.74) is 1.10. The summed E-state index contributed by atoms with van der Waals surface area (Å²) in [6, 6.07) is 0. The zero-order valence-corrected chi connectivity index (χ0v) is 18.6. The lowest BCUT2D eigenvalue weighted by Crippen LogP contribution is -2.53. The molecule has 29 heavy (non-hydrogen) atoms. The molecule has 0 bridgehead atoms. The van der Waals surface area contributed by atoms with E-state index in [0.717, 1.165) is 36.5 Å². The smallest absolute Gasteiger partial charge is 0.410 e. The predicted octanol–water partition coefficient (Wildman–Crippen LogP) is 5.38. The first kappa shape index (κ1) is 20.2. The Morgan fingerprint density at radius 2 is 1.72 bits per heavy atom. The molecule has 1 aliphatic heterocycles. The standard InChI is InChI=1S/C25H41NO3/c1-24-11-3-4-21(24)20-6-5-17-16-19(7-13-25(17,2)22(20)8-12-24)29-23(28)26-14-9-18(27)10-15-26/h17-22,27H,3-16H2,1-2H3/t17?,19?,20-,21-,22+,24-,25-/m0/s1. The van der Waals surface area contributed by atoms with Gasteiger partial charge in [-0.05, 0) is 105 Å². The largest absolute Gasteiger partial charge is 0.446 e. The Balaban J connectivity index is 1.22. The summed E-state index contributed by atoms with van der Waals surface area (Å²) >= 11 is 0. The van der Waals surface area contributed by atoms with Crippen molar-refractivity contribution >= 4 is 6.09 Å². The van der Waals surface area contributed by atoms with Crippen molar-refractivity contribution in [1.82, 2.24) is 4.90 Å². The average Bonchev–Trinajstić information content (AvgIpc) is 3.10. The summed E-state index contributed by atoms with van der Waals surface area (Å²) in [5, 5.41) is 9.68. The Morgan fingerprint density at radius 3 is 2.52 bits per heavy atom. The Bertz CT molecular complexity index is 630. The number of carbonyl (C=O) groups is 1. The Kier molecular flexibility index (Phi) is 5.16. The third-order valence-corrected chi connectivity index (χ3v) is 10.4. The molecule has 5 fully saturated rings. The molecule has 0 radical (unpaired) electrons. The van der Waals surface area contributed by atoms with Crippen LogP contribution in [0.4, 0.5) is 4.79 Å². The molecule has 7 atom stereocenters. The molecule has 0 aromatic carbocycles. The molecule has 4 heteroatoms. The van der Waals surface area contributed by atoms with Gasteiger partial charge in [0.2, 0.25) is 0 Å². The van der Waals surface area contributed by atoms with Gasteiger partial charge in [-0.3, -0.25) is 0 Å². The van der Waals surface area contributed by atoms with Gasteiger partial charge in [0.1, 0.15) is 6.10 Å². The predicted molar refractivity (Wildman–Crippen MR) is 113 cm³/mol. The molecular weight excluding hydrogens is 362 g/mol. The van der Waals surface area contributed by atoms with E-state index in [-0.39, 0.29) is 18.3 Å². The third-order valence-electron chi connectivity index (χ3n) is 10.4. The summed E-state index contributed by atoms with van der Waals surface area (Å²) < 4.78 is 5.99. The molecule has 0 aromatic heterocycles. The third kappa shape index (κ3) is 3.42. The van der Waals surface area contributed by atoms with Crippen LogP contribution in [0.1, 0.15) is 90.9 Å². The van der Waals surface area contributed by atoms with Crippen LogP contribution in [0.25, 0.3) is 0 Å². The highest BCUT2D eigenvalue weighted by Crippen LogP contribution is 2.66. The van der Waals surface area contributed by atoms with Crippen LogP contribution >= 0.6 is 0 Å². The molecule has 5 aliphatic rings. The molecular formula is C25H41NO3. The lowest BCUT2D eigenvalue weighted by molar-refractivity contribution is -0.123. The average molecular weight is 404 g/mol. The van der Waals surface area contributed by atoms with Crippen LogP contribution in [0.3, 0.4) is 0 Å². The Labute approximate surface area is 176 Å². The van der Waals surface area contributed by atoms with E-state index in [1.807, 2.05) is 0 Å². The summed E-state index contributed by atoms with van der Waals surface area (Å²) in [6.07, 6.45) is 14.5. The normalized spacial score (nSPS) is 47.8. The second kappa shape index (κ2) is 7.43. The summed E-state index contributed by atoms with van der Waals surface area (Å²) in [4.78, 5) is 14.4. The summed E-state index contributed by atoms with van der Waals surface area (Å²) in [7, 11) is 0. The molecule has 1 heterocycles. The highest BCUT2D eigenvalue weighted by atomic mass is 16.6. The zero-order chi connectivity index (χ0) is 20.2. The van der Waals surface area contributed by atoms with Crippen LogP contribution in [0.15, 0.2) is 0 Å². The van der Waals surface area contributed by atoms with Crippen LogP contribution in [0.2, 0.25) is 0 Å². The number of amides is 1. The Morgan fingerprint density at radius 1 is 0.931 bits per heavy atom. The van der Waals surface area contributed by atoms with E-state index < -0.39 is 0 Å². The van der Waals surface area contributed by atoms with Gasteiger partial charge in [0, 0.05) is 13.1 Å². The van der Waals surface area contributed by atoms with E-state index in [2.05, 4.69) is 13.8 Å². The van der Waals surface area contributed by atoms with Crippen molar-refractivity contribution in [3.63, 3.8) is 0 Å². The number of rotatable bonds is 1. The van der Waals surface area contributed by atoms with Gasteiger partial charge in [-0.25, -0.2) is 4.79 Å². The van der Waals surface area contributed by atoms with Crippen LogP contribution in [-0.4, -0.2) is 41.4 Å². The van der Waals surface area contributed by atoms with Gasteiger partial charge in [-0.15, -0.1) is 0 Å². The SMILES string of the molecule is C[C@@]12CCC[C@H]1[C@@H]1CCC3CC(OC(=O)N4CCC(O)CC4)CC[C@]3(C)[C@@H]1CC2. The first-order chi connectivity index (χ1) is 13.9. The van der Waals surface area contributed by atoms with E-state index in [9.17, 15) is 9.90 Å². The van der Waals surface area contributed by atoms with E-state index in [1.54, 1.807) is 4.90 Å². The fourth-order valence-corrected chi connectivity index (χ4v) is 8.58. The lowest BCUT2D eigenvalue weighted by atomic mass is 9.45. The molecule has 4 aliphatic carbocycles. The van der Waals surface area contributed by atoms with Crippen molar-refractivity contribution < 1.29 is 14.6 Å². The lowest BCUT2D eigenvalue weighted by Gasteiger charge is -2.60. The molecule has 2 unspecified atom stereocenters. The minimum atomic E-state index is -0.248. The maximum atomic E-state index is 12.6. The maximum Gasteiger partial charge on any atom is 0.410 e. The van der Waals surface area contributed by atoms with Gasteiger partial charge in [-0.2, -0.15) is 0 Å². The maximum absolute atomic E-state index is 12.6. The minimum Gasteiger partial charge on any atom is -0.446 e. The van der Waals surface area contributed by atoms with Crippen LogP contribution in [-0.2, 0) is 4.74 Å². The van der Waals surface area contributed by atoms with E-state index in [0.29, 0.717) is 36.8 Å². The summed E-state index contributed by atoms with van der Waals surface area (Å²) in [5.74, 6) is 3.56. The van der Waals surface area contributed by atoms with Crippen molar-refractivity contribution in [2.75, 3.05) is 13.1 Å². The van der Waals surface area contributed by atoms with Crippen molar-refractivity contribution in [3.8, 4) is 0 Å². The highest BCUT2D eigenvalue weighted by Gasteiger charge is 2.58. The topological polar surface area (TPSA) is 49.8 Å². The molecule has 4 saturated carbocycles. The van der Waals surface area contributed by atoms with Crippen molar-refractivity contribution in [2.45, 2.75) is 103 Å². The molecule has 0 aromatic rings. The first-order valence-corrected chi connectivity index (χ1v) is 12.5. The quantitative estimate of drug-likeness (QED) is 0.639. The number of ether oxygens (including phenoxy) is 1.